The molecule has 22 heavy (non-hydrogen) atoms. The molecule has 4 heteroatoms. The highest BCUT2D eigenvalue weighted by atomic mass is 16.1. The first-order valence-electron chi connectivity index (χ1n) is 7.90. The molecule has 4 nitrogen and oxygen atoms in total. The number of carbonyl (C=O) groups excluding carboxylic acids is 1. The van der Waals surface area contributed by atoms with Gasteiger partial charge in [0.25, 0.3) is 0 Å². The Labute approximate surface area is 131 Å². The second-order valence-electron chi connectivity index (χ2n) is 6.77. The second-order valence-corrected chi connectivity index (χ2v) is 6.77. The summed E-state index contributed by atoms with van der Waals surface area (Å²) in [6.45, 7) is 5.32. The van der Waals surface area contributed by atoms with E-state index in [1.165, 1.54) is 11.1 Å². The van der Waals surface area contributed by atoms with Crippen molar-refractivity contribution in [1.82, 2.24) is 15.5 Å². The molecule has 1 amide bonds. The number of benzene rings is 1. The van der Waals surface area contributed by atoms with Crippen LogP contribution >= 0.6 is 0 Å². The molecule has 1 atom stereocenters. The first-order chi connectivity index (χ1) is 10.6. The lowest BCUT2D eigenvalue weighted by Gasteiger charge is -2.37. The van der Waals surface area contributed by atoms with Crippen LogP contribution in [0.4, 0.5) is 0 Å². The Morgan fingerprint density at radius 1 is 1.36 bits per heavy atom. The maximum atomic E-state index is 12.0. The van der Waals surface area contributed by atoms with Gasteiger partial charge in [0.05, 0.1) is 6.42 Å². The Balaban J connectivity index is 1.65. The third kappa shape index (κ3) is 3.06. The highest BCUT2D eigenvalue weighted by molar-refractivity contribution is 5.78. The average molecular weight is 297 g/mol. The molecule has 0 radical (unpaired) electrons. The predicted molar refractivity (Wildman–Crippen MR) is 86.7 cm³/mol. The summed E-state index contributed by atoms with van der Waals surface area (Å²) in [4.78, 5) is 12.0. The summed E-state index contributed by atoms with van der Waals surface area (Å²) in [6, 6.07) is 10.5. The Hall–Kier alpha value is -2.10. The number of aromatic amines is 1. The van der Waals surface area contributed by atoms with E-state index in [-0.39, 0.29) is 11.3 Å². The van der Waals surface area contributed by atoms with Crippen LogP contribution in [-0.2, 0) is 16.6 Å². The minimum Gasteiger partial charge on any atom is -0.355 e. The summed E-state index contributed by atoms with van der Waals surface area (Å²) in [5.41, 5.74) is 3.89. The van der Waals surface area contributed by atoms with Gasteiger partial charge in [0.15, 0.2) is 0 Å². The minimum atomic E-state index is 0.0477. The van der Waals surface area contributed by atoms with E-state index in [0.717, 1.165) is 18.5 Å². The first kappa shape index (κ1) is 14.8. The van der Waals surface area contributed by atoms with Crippen molar-refractivity contribution in [3.63, 3.8) is 0 Å². The molecule has 1 aromatic heterocycles. The lowest BCUT2D eigenvalue weighted by atomic mass is 9.69. The van der Waals surface area contributed by atoms with E-state index < -0.39 is 0 Å². The van der Waals surface area contributed by atoms with Gasteiger partial charge >= 0.3 is 0 Å². The molecule has 0 saturated heterocycles. The van der Waals surface area contributed by atoms with Crippen LogP contribution in [0.25, 0.3) is 0 Å². The van der Waals surface area contributed by atoms with Gasteiger partial charge in [-0.25, -0.2) is 0 Å². The molecule has 0 unspecified atom stereocenters. The number of H-pyrrole nitrogens is 1. The smallest absolute Gasteiger partial charge is 0.226 e. The van der Waals surface area contributed by atoms with Crippen LogP contribution < -0.4 is 5.32 Å². The Kier molecular flexibility index (Phi) is 4.01. The minimum absolute atomic E-state index is 0.0477. The molecule has 1 heterocycles. The van der Waals surface area contributed by atoms with Crippen molar-refractivity contribution in [1.29, 1.82) is 0 Å². The standard InChI is InChI=1S/C18H23N3O/c1-18(2)9-7-13(15-5-3-4-6-16(15)18)12-19-17(22)11-14-8-10-20-21-14/h3-6,8,10,13H,7,9,11-12H2,1-2H3,(H,19,22)(H,20,21)/t13-/m1/s1. The van der Waals surface area contributed by atoms with Crippen molar-refractivity contribution in [2.75, 3.05) is 6.54 Å². The van der Waals surface area contributed by atoms with Crippen molar-refractivity contribution in [3.8, 4) is 0 Å². The quantitative estimate of drug-likeness (QED) is 0.911. The SMILES string of the molecule is CC1(C)CC[C@H](CNC(=O)Cc2ccn[nH]2)c2ccccc21. The van der Waals surface area contributed by atoms with Crippen LogP contribution in [-0.4, -0.2) is 22.6 Å². The summed E-state index contributed by atoms with van der Waals surface area (Å²) in [6.07, 6.45) is 4.31. The molecule has 0 saturated carbocycles. The van der Waals surface area contributed by atoms with Crippen LogP contribution in [0.15, 0.2) is 36.5 Å². The molecule has 1 aromatic carbocycles. The van der Waals surface area contributed by atoms with Crippen molar-refractivity contribution >= 4 is 5.91 Å². The fourth-order valence-corrected chi connectivity index (χ4v) is 3.36. The number of nitrogens with zero attached hydrogens (tertiary/aromatic N) is 1. The zero-order chi connectivity index (χ0) is 15.6. The van der Waals surface area contributed by atoms with E-state index in [2.05, 4.69) is 53.6 Å². The summed E-state index contributed by atoms with van der Waals surface area (Å²) < 4.78 is 0. The molecule has 1 aliphatic rings. The topological polar surface area (TPSA) is 57.8 Å². The average Bonchev–Trinajstić information content (AvgIpc) is 2.99. The number of aromatic nitrogens is 2. The van der Waals surface area contributed by atoms with Crippen LogP contribution in [0.1, 0.15) is 49.4 Å². The lowest BCUT2D eigenvalue weighted by molar-refractivity contribution is -0.120. The van der Waals surface area contributed by atoms with E-state index in [9.17, 15) is 4.79 Å². The summed E-state index contributed by atoms with van der Waals surface area (Å²) in [5, 5.41) is 9.76. The van der Waals surface area contributed by atoms with Crippen molar-refractivity contribution in [2.45, 2.75) is 44.4 Å². The zero-order valence-corrected chi connectivity index (χ0v) is 13.2. The molecule has 0 fully saturated rings. The van der Waals surface area contributed by atoms with Crippen LogP contribution in [0, 0.1) is 0 Å². The fraction of sp³-hybridized carbons (Fsp3) is 0.444. The van der Waals surface area contributed by atoms with E-state index in [1.807, 2.05) is 6.07 Å². The van der Waals surface area contributed by atoms with Gasteiger partial charge in [0.1, 0.15) is 0 Å². The summed E-state index contributed by atoms with van der Waals surface area (Å²) in [5.74, 6) is 0.460. The largest absolute Gasteiger partial charge is 0.355 e. The van der Waals surface area contributed by atoms with Crippen molar-refractivity contribution in [2.24, 2.45) is 0 Å². The highest BCUT2D eigenvalue weighted by Gasteiger charge is 2.32. The molecular weight excluding hydrogens is 274 g/mol. The molecule has 0 aliphatic heterocycles. The molecule has 0 spiro atoms. The number of fused-ring (bicyclic) bond motifs is 1. The predicted octanol–water partition coefficient (Wildman–Crippen LogP) is 2.92. The number of hydrogen-bond acceptors (Lipinski definition) is 2. The molecule has 116 valence electrons. The van der Waals surface area contributed by atoms with Crippen LogP contribution in [0.5, 0.6) is 0 Å². The maximum Gasteiger partial charge on any atom is 0.226 e. The third-order valence-corrected chi connectivity index (χ3v) is 4.70. The zero-order valence-electron chi connectivity index (χ0n) is 13.2. The van der Waals surface area contributed by atoms with E-state index in [1.54, 1.807) is 6.20 Å². The third-order valence-electron chi connectivity index (χ3n) is 4.70. The van der Waals surface area contributed by atoms with Crippen LogP contribution in [0.3, 0.4) is 0 Å². The fourth-order valence-electron chi connectivity index (χ4n) is 3.36. The maximum absolute atomic E-state index is 12.0. The molecule has 0 bridgehead atoms. The van der Waals surface area contributed by atoms with Gasteiger partial charge in [-0.3, -0.25) is 9.89 Å². The second kappa shape index (κ2) is 5.95. The van der Waals surface area contributed by atoms with Gasteiger partial charge in [0, 0.05) is 24.4 Å². The van der Waals surface area contributed by atoms with E-state index >= 15 is 0 Å². The first-order valence-corrected chi connectivity index (χ1v) is 7.90. The highest BCUT2D eigenvalue weighted by Crippen LogP contribution is 2.42. The molecule has 3 rings (SSSR count). The van der Waals surface area contributed by atoms with Crippen molar-refractivity contribution < 1.29 is 4.79 Å². The Bertz CT molecular complexity index is 646. The van der Waals surface area contributed by atoms with Gasteiger partial charge in [-0.2, -0.15) is 5.10 Å². The Morgan fingerprint density at radius 3 is 2.95 bits per heavy atom. The molecular formula is C18H23N3O. The van der Waals surface area contributed by atoms with Gasteiger partial charge in [-0.05, 0) is 35.4 Å². The monoisotopic (exact) mass is 297 g/mol. The van der Waals surface area contributed by atoms with Crippen LogP contribution in [0.2, 0.25) is 0 Å². The number of amides is 1. The molecule has 1 aliphatic carbocycles. The number of nitrogens with one attached hydrogen (secondary N) is 2. The number of carbonyl (C=O) groups is 1. The van der Waals surface area contributed by atoms with Gasteiger partial charge in [-0.1, -0.05) is 38.1 Å². The van der Waals surface area contributed by atoms with Gasteiger partial charge in [0.2, 0.25) is 5.91 Å². The number of hydrogen-bond donors (Lipinski definition) is 2. The lowest BCUT2D eigenvalue weighted by Crippen LogP contribution is -2.34. The molecule has 2 aromatic rings. The van der Waals surface area contributed by atoms with Crippen molar-refractivity contribution in [3.05, 3.63) is 53.3 Å². The van der Waals surface area contributed by atoms with E-state index in [0.29, 0.717) is 18.9 Å². The summed E-state index contributed by atoms with van der Waals surface area (Å²) >= 11 is 0. The van der Waals surface area contributed by atoms with Gasteiger partial charge in [-0.15, -0.1) is 0 Å². The molecule has 2 N–H and O–H groups in total. The van der Waals surface area contributed by atoms with Gasteiger partial charge < -0.3 is 5.32 Å². The number of rotatable bonds is 4. The summed E-state index contributed by atoms with van der Waals surface area (Å²) in [7, 11) is 0. The van der Waals surface area contributed by atoms with E-state index in [4.69, 9.17) is 0 Å². The Morgan fingerprint density at radius 2 is 2.18 bits per heavy atom. The normalized spacial score (nSPS) is 19.5.